The highest BCUT2D eigenvalue weighted by atomic mass is 35.5. The van der Waals surface area contributed by atoms with E-state index in [1.54, 1.807) is 48.7 Å². The molecule has 0 spiro atoms. The van der Waals surface area contributed by atoms with E-state index in [4.69, 9.17) is 16.3 Å². The Morgan fingerprint density at radius 2 is 1.60 bits per heavy atom. The van der Waals surface area contributed by atoms with Gasteiger partial charge in [-0.15, -0.1) is 0 Å². The van der Waals surface area contributed by atoms with Gasteiger partial charge in [0.1, 0.15) is 17.4 Å². The van der Waals surface area contributed by atoms with E-state index in [0.717, 1.165) is 17.0 Å². The Hall–Kier alpha value is -6.41. The number of aryl methyl sites for hydroxylation is 1. The van der Waals surface area contributed by atoms with Crippen molar-refractivity contribution in [3.8, 4) is 11.5 Å². The summed E-state index contributed by atoms with van der Waals surface area (Å²) in [5.41, 5.74) is -1.13. The van der Waals surface area contributed by atoms with E-state index in [1.165, 1.54) is 36.0 Å². The average Bonchev–Trinajstić information content (AvgIpc) is 3.58. The third kappa shape index (κ3) is 6.24. The molecule has 0 radical (unpaired) electrons. The van der Waals surface area contributed by atoms with Crippen LogP contribution in [-0.4, -0.2) is 32.5 Å². The summed E-state index contributed by atoms with van der Waals surface area (Å²) in [4.78, 5) is 46.2. The van der Waals surface area contributed by atoms with E-state index in [0.29, 0.717) is 23.4 Å². The van der Waals surface area contributed by atoms with Crippen LogP contribution in [0.4, 0.5) is 33.5 Å². The summed E-state index contributed by atoms with van der Waals surface area (Å²) in [6.07, 6.45) is -0.226. The maximum absolute atomic E-state index is 14.5. The molecule has 0 fully saturated rings. The monoisotopic (exact) mass is 729 g/mol. The Bertz CT molecular complexity index is 2450. The molecule has 9 nitrogen and oxygen atoms in total. The van der Waals surface area contributed by atoms with Gasteiger partial charge in [0.25, 0.3) is 17.7 Å². The lowest BCUT2D eigenvalue weighted by Crippen LogP contribution is -2.30. The van der Waals surface area contributed by atoms with Gasteiger partial charge in [0.05, 0.1) is 44.0 Å². The third-order valence-electron chi connectivity index (χ3n) is 8.04. The number of aromatic nitrogens is 3. The van der Waals surface area contributed by atoms with E-state index in [9.17, 15) is 36.3 Å². The predicted octanol–water partition coefficient (Wildman–Crippen LogP) is 8.93. The number of amides is 3. The van der Waals surface area contributed by atoms with Gasteiger partial charge in [-0.3, -0.25) is 24.0 Å². The molecular formula is C37H21ClF5N5O4. The zero-order chi connectivity index (χ0) is 36.9. The fourth-order valence-electron chi connectivity index (χ4n) is 5.73. The van der Waals surface area contributed by atoms with Crippen molar-refractivity contribution in [3.05, 3.63) is 141 Å². The SMILES string of the molecule is Cn1nc(N2C(=O)c3ccccc3C2=O)c2c(Oc3cc(F)ccc3Cl)c(NC(=O)c3cc(F)cc(C(F)(F)F)c3)cc(C=Cc3ccccn3)c21. The molecule has 260 valence electrons. The molecule has 2 aromatic heterocycles. The van der Waals surface area contributed by atoms with Gasteiger partial charge in [0.2, 0.25) is 0 Å². The van der Waals surface area contributed by atoms with Crippen LogP contribution in [0.5, 0.6) is 11.5 Å². The summed E-state index contributed by atoms with van der Waals surface area (Å²) in [7, 11) is 1.52. The van der Waals surface area contributed by atoms with Crippen LogP contribution >= 0.6 is 11.6 Å². The maximum atomic E-state index is 14.5. The van der Waals surface area contributed by atoms with Crippen LogP contribution in [-0.2, 0) is 13.2 Å². The van der Waals surface area contributed by atoms with Gasteiger partial charge in [-0.25, -0.2) is 13.7 Å². The summed E-state index contributed by atoms with van der Waals surface area (Å²) in [5, 5.41) is 6.86. The molecular weight excluding hydrogens is 709 g/mol. The van der Waals surface area contributed by atoms with E-state index in [1.807, 2.05) is 0 Å². The number of benzene rings is 4. The molecule has 0 saturated carbocycles. The predicted molar refractivity (Wildman–Crippen MR) is 182 cm³/mol. The summed E-state index contributed by atoms with van der Waals surface area (Å²) < 4.78 is 77.2. The largest absolute Gasteiger partial charge is 0.453 e. The fraction of sp³-hybridized carbons (Fsp3) is 0.0541. The van der Waals surface area contributed by atoms with E-state index >= 15 is 0 Å². The average molecular weight is 730 g/mol. The Balaban J connectivity index is 1.50. The number of hydrogen-bond donors (Lipinski definition) is 1. The van der Waals surface area contributed by atoms with Crippen molar-refractivity contribution in [2.45, 2.75) is 6.18 Å². The van der Waals surface area contributed by atoms with E-state index < -0.39 is 46.7 Å². The highest BCUT2D eigenvalue weighted by Crippen LogP contribution is 2.47. The molecule has 0 atom stereocenters. The number of anilines is 2. The number of pyridine rings is 1. The molecule has 0 bridgehead atoms. The molecule has 1 aliphatic heterocycles. The second kappa shape index (κ2) is 13.0. The first-order chi connectivity index (χ1) is 24.8. The van der Waals surface area contributed by atoms with Gasteiger partial charge in [-0.1, -0.05) is 35.9 Å². The van der Waals surface area contributed by atoms with Crippen LogP contribution < -0.4 is 15.0 Å². The molecule has 15 heteroatoms. The number of fused-ring (bicyclic) bond motifs is 2. The topological polar surface area (TPSA) is 106 Å². The Labute approximate surface area is 295 Å². The number of carbonyl (C=O) groups is 3. The number of nitrogens with one attached hydrogen (secondary N) is 1. The van der Waals surface area contributed by atoms with Crippen LogP contribution in [0.3, 0.4) is 0 Å². The van der Waals surface area contributed by atoms with Gasteiger partial charge < -0.3 is 10.1 Å². The quantitative estimate of drug-likeness (QED) is 0.130. The minimum absolute atomic E-state index is 0.0500. The number of carbonyl (C=O) groups excluding carboxylic acids is 3. The molecule has 3 heterocycles. The minimum Gasteiger partial charge on any atom is -0.453 e. The normalized spacial score (nSPS) is 12.9. The minimum atomic E-state index is -4.97. The lowest BCUT2D eigenvalue weighted by Gasteiger charge is -2.18. The smallest absolute Gasteiger partial charge is 0.416 e. The lowest BCUT2D eigenvalue weighted by molar-refractivity contribution is -0.137. The molecule has 0 saturated heterocycles. The lowest BCUT2D eigenvalue weighted by atomic mass is 10.0. The number of rotatable bonds is 7. The number of imide groups is 1. The first-order valence-electron chi connectivity index (χ1n) is 15.2. The molecule has 52 heavy (non-hydrogen) atoms. The summed E-state index contributed by atoms with van der Waals surface area (Å²) in [6, 6.07) is 17.1. The Kier molecular flexibility index (Phi) is 8.54. The van der Waals surface area contributed by atoms with Gasteiger partial charge >= 0.3 is 6.18 Å². The summed E-state index contributed by atoms with van der Waals surface area (Å²) in [5.74, 6) is -5.56. The van der Waals surface area contributed by atoms with Crippen molar-refractivity contribution >= 4 is 63.9 Å². The van der Waals surface area contributed by atoms with E-state index in [-0.39, 0.29) is 56.1 Å². The number of ether oxygens (including phenoxy) is 1. The van der Waals surface area contributed by atoms with Gasteiger partial charge in [-0.05, 0) is 66.7 Å². The van der Waals surface area contributed by atoms with Crippen LogP contribution in [0.25, 0.3) is 23.1 Å². The second-order valence-corrected chi connectivity index (χ2v) is 11.9. The van der Waals surface area contributed by atoms with Gasteiger partial charge in [-0.2, -0.15) is 18.3 Å². The standard InChI is InChI=1S/C37H21ClF5N5O4/c1-47-31-19(9-11-24-6-4-5-13-44-24)16-28(45-34(49)20-14-21(37(41,42)43)17-23(40)15-20)32(52-29-18-22(39)10-12-27(29)38)30(31)33(46-47)48-35(50)25-7-2-3-8-26(25)36(48)51/h2-18H,1H3,(H,45,49). The van der Waals surface area contributed by atoms with Crippen LogP contribution in [0.1, 0.15) is 47.9 Å². The van der Waals surface area contributed by atoms with Gasteiger partial charge in [0.15, 0.2) is 11.6 Å². The zero-order valence-corrected chi connectivity index (χ0v) is 27.3. The number of halogens is 6. The molecule has 3 amide bonds. The van der Waals surface area contributed by atoms with Crippen molar-refractivity contribution in [3.63, 3.8) is 0 Å². The summed E-state index contributed by atoms with van der Waals surface area (Å²) >= 11 is 6.37. The van der Waals surface area contributed by atoms with Crippen molar-refractivity contribution in [1.82, 2.24) is 14.8 Å². The fourth-order valence-corrected chi connectivity index (χ4v) is 5.89. The second-order valence-electron chi connectivity index (χ2n) is 11.4. The molecule has 7 rings (SSSR count). The number of alkyl halides is 3. The highest BCUT2D eigenvalue weighted by Gasteiger charge is 2.40. The molecule has 0 unspecified atom stereocenters. The molecule has 1 aliphatic rings. The van der Waals surface area contributed by atoms with Gasteiger partial charge in [0, 0.05) is 30.4 Å². The van der Waals surface area contributed by atoms with Crippen molar-refractivity contribution in [2.24, 2.45) is 7.05 Å². The van der Waals surface area contributed by atoms with Crippen LogP contribution in [0.15, 0.2) is 91.1 Å². The van der Waals surface area contributed by atoms with Crippen molar-refractivity contribution in [1.29, 1.82) is 0 Å². The number of nitrogens with zero attached hydrogens (tertiary/aromatic N) is 4. The van der Waals surface area contributed by atoms with Crippen molar-refractivity contribution < 1.29 is 41.1 Å². The zero-order valence-electron chi connectivity index (χ0n) is 26.5. The molecule has 6 aromatic rings. The molecule has 0 aliphatic carbocycles. The summed E-state index contributed by atoms with van der Waals surface area (Å²) in [6.45, 7) is 0. The molecule has 1 N–H and O–H groups in total. The van der Waals surface area contributed by atoms with E-state index in [2.05, 4.69) is 15.4 Å². The highest BCUT2D eigenvalue weighted by molar-refractivity contribution is 6.36. The first kappa shape index (κ1) is 34.1. The first-order valence-corrected chi connectivity index (χ1v) is 15.6. The van der Waals surface area contributed by atoms with Crippen LogP contribution in [0, 0.1) is 11.6 Å². The Morgan fingerprint density at radius 3 is 2.27 bits per heavy atom. The number of hydrogen-bond acceptors (Lipinski definition) is 6. The van der Waals surface area contributed by atoms with Crippen LogP contribution in [0.2, 0.25) is 5.02 Å². The van der Waals surface area contributed by atoms with Crippen molar-refractivity contribution in [2.75, 3.05) is 10.2 Å². The molecule has 4 aromatic carbocycles. The Morgan fingerprint density at radius 1 is 0.885 bits per heavy atom. The maximum Gasteiger partial charge on any atom is 0.416 e. The third-order valence-corrected chi connectivity index (χ3v) is 8.35.